The Hall–Kier alpha value is -2.40. The average Bonchev–Trinajstić information content (AvgIpc) is 3.02. The average molecular weight is 326 g/mol. The highest BCUT2D eigenvalue weighted by Crippen LogP contribution is 2.34. The minimum atomic E-state index is -0.480. The molecular formula is C19H22N2O3. The van der Waals surface area contributed by atoms with Gasteiger partial charge in [0.1, 0.15) is 5.75 Å². The minimum absolute atomic E-state index is 0.0659. The SMILES string of the molecule is COc1cccc(C2CC(O)CN2C(=O)CCc2ccncc2)c1. The summed E-state index contributed by atoms with van der Waals surface area (Å²) >= 11 is 0. The predicted octanol–water partition coefficient (Wildman–Crippen LogP) is 2.36. The number of aryl methyl sites for hydroxylation is 1. The summed E-state index contributed by atoms with van der Waals surface area (Å²) in [5.74, 6) is 0.828. The molecule has 1 fully saturated rings. The number of ether oxygens (including phenoxy) is 1. The summed E-state index contributed by atoms with van der Waals surface area (Å²) < 4.78 is 5.27. The maximum absolute atomic E-state index is 12.7. The number of β-amino-alcohol motifs (C(OH)–C–C–N with tert-alkyl or cyclic N) is 1. The van der Waals surface area contributed by atoms with Gasteiger partial charge in [-0.05, 0) is 48.2 Å². The van der Waals surface area contributed by atoms with E-state index in [2.05, 4.69) is 4.98 Å². The lowest BCUT2D eigenvalue weighted by Crippen LogP contribution is -2.31. The van der Waals surface area contributed by atoms with Crippen molar-refractivity contribution >= 4 is 5.91 Å². The Morgan fingerprint density at radius 2 is 2.12 bits per heavy atom. The summed E-state index contributed by atoms with van der Waals surface area (Å²) in [6, 6.07) is 11.5. The van der Waals surface area contributed by atoms with Crippen LogP contribution in [0.2, 0.25) is 0 Å². The van der Waals surface area contributed by atoms with Crippen LogP contribution < -0.4 is 4.74 Å². The number of pyridine rings is 1. The topological polar surface area (TPSA) is 62.7 Å². The molecule has 1 aromatic carbocycles. The van der Waals surface area contributed by atoms with Gasteiger partial charge in [0.2, 0.25) is 5.91 Å². The number of aliphatic hydroxyl groups is 1. The molecule has 1 amide bonds. The van der Waals surface area contributed by atoms with Crippen molar-refractivity contribution in [1.29, 1.82) is 0 Å². The Kier molecular flexibility index (Phi) is 5.11. The fourth-order valence-corrected chi connectivity index (χ4v) is 3.20. The maximum atomic E-state index is 12.7. The molecular weight excluding hydrogens is 304 g/mol. The summed E-state index contributed by atoms with van der Waals surface area (Å²) in [6.45, 7) is 0.386. The number of rotatable bonds is 5. The number of likely N-dealkylation sites (tertiary alicyclic amines) is 1. The molecule has 5 heteroatoms. The molecule has 0 radical (unpaired) electrons. The van der Waals surface area contributed by atoms with Crippen molar-refractivity contribution in [2.24, 2.45) is 0 Å². The van der Waals surface area contributed by atoms with Crippen molar-refractivity contribution < 1.29 is 14.6 Å². The van der Waals surface area contributed by atoms with Crippen molar-refractivity contribution in [3.05, 3.63) is 59.9 Å². The summed E-state index contributed by atoms with van der Waals surface area (Å²) in [6.07, 6.45) is 4.66. The molecule has 2 unspecified atom stereocenters. The molecule has 1 saturated heterocycles. The highest BCUT2D eigenvalue weighted by Gasteiger charge is 2.35. The van der Waals surface area contributed by atoms with Crippen molar-refractivity contribution in [1.82, 2.24) is 9.88 Å². The van der Waals surface area contributed by atoms with E-state index in [0.717, 1.165) is 16.9 Å². The minimum Gasteiger partial charge on any atom is -0.497 e. The van der Waals surface area contributed by atoms with Crippen LogP contribution in [0.1, 0.15) is 30.0 Å². The standard InChI is InChI=1S/C19H22N2O3/c1-24-17-4-2-3-15(11-17)18-12-16(22)13-21(18)19(23)6-5-14-7-9-20-10-8-14/h2-4,7-11,16,18,22H,5-6,12-13H2,1H3. The van der Waals surface area contributed by atoms with Gasteiger partial charge in [0.25, 0.3) is 0 Å². The number of carbonyl (C=O) groups excluding carboxylic acids is 1. The van der Waals surface area contributed by atoms with Gasteiger partial charge in [0, 0.05) is 25.4 Å². The van der Waals surface area contributed by atoms with Gasteiger partial charge in [0.15, 0.2) is 0 Å². The molecule has 2 heterocycles. The molecule has 0 aliphatic carbocycles. The number of hydrogen-bond donors (Lipinski definition) is 1. The van der Waals surface area contributed by atoms with Crippen molar-refractivity contribution in [3.8, 4) is 5.75 Å². The molecule has 2 aromatic rings. The number of aromatic nitrogens is 1. The fraction of sp³-hybridized carbons (Fsp3) is 0.368. The third-order valence-electron chi connectivity index (χ3n) is 4.45. The third-order valence-corrected chi connectivity index (χ3v) is 4.45. The molecule has 2 atom stereocenters. The highest BCUT2D eigenvalue weighted by molar-refractivity contribution is 5.77. The van der Waals surface area contributed by atoms with Gasteiger partial charge in [-0.3, -0.25) is 9.78 Å². The van der Waals surface area contributed by atoms with Crippen molar-refractivity contribution in [3.63, 3.8) is 0 Å². The molecule has 24 heavy (non-hydrogen) atoms. The first kappa shape index (κ1) is 16.5. The van der Waals surface area contributed by atoms with E-state index in [1.54, 1.807) is 24.4 Å². The number of hydrogen-bond acceptors (Lipinski definition) is 4. The summed E-state index contributed by atoms with van der Waals surface area (Å²) in [4.78, 5) is 18.5. The Morgan fingerprint density at radius 1 is 1.33 bits per heavy atom. The van der Waals surface area contributed by atoms with Crippen molar-refractivity contribution in [2.75, 3.05) is 13.7 Å². The van der Waals surface area contributed by atoms with Gasteiger partial charge in [-0.1, -0.05) is 12.1 Å². The largest absolute Gasteiger partial charge is 0.497 e. The second-order valence-electron chi connectivity index (χ2n) is 6.08. The van der Waals surface area contributed by atoms with Crippen LogP contribution in [0.15, 0.2) is 48.8 Å². The molecule has 1 aliphatic rings. The number of nitrogens with zero attached hydrogens (tertiary/aromatic N) is 2. The predicted molar refractivity (Wildman–Crippen MR) is 90.6 cm³/mol. The summed E-state index contributed by atoms with van der Waals surface area (Å²) in [5.41, 5.74) is 2.10. The van der Waals surface area contributed by atoms with Crippen LogP contribution in [0.5, 0.6) is 5.75 Å². The zero-order valence-corrected chi connectivity index (χ0v) is 13.8. The number of methoxy groups -OCH3 is 1. The molecule has 5 nitrogen and oxygen atoms in total. The quantitative estimate of drug-likeness (QED) is 0.916. The van der Waals surface area contributed by atoms with E-state index in [-0.39, 0.29) is 11.9 Å². The van der Waals surface area contributed by atoms with Gasteiger partial charge in [-0.15, -0.1) is 0 Å². The lowest BCUT2D eigenvalue weighted by Gasteiger charge is -2.25. The third kappa shape index (κ3) is 3.74. The normalized spacial score (nSPS) is 20.2. The summed E-state index contributed by atoms with van der Waals surface area (Å²) in [5, 5.41) is 10.1. The Balaban J connectivity index is 1.71. The van der Waals surface area contributed by atoms with Crippen LogP contribution in [-0.4, -0.2) is 40.7 Å². The Labute approximate surface area is 141 Å². The number of carbonyl (C=O) groups is 1. The summed E-state index contributed by atoms with van der Waals surface area (Å²) in [7, 11) is 1.63. The van der Waals surface area contributed by atoms with Gasteiger partial charge >= 0.3 is 0 Å². The van der Waals surface area contributed by atoms with E-state index < -0.39 is 6.10 Å². The smallest absolute Gasteiger partial charge is 0.223 e. The van der Waals surface area contributed by atoms with Crippen LogP contribution in [0.3, 0.4) is 0 Å². The van der Waals surface area contributed by atoms with Crippen LogP contribution in [-0.2, 0) is 11.2 Å². The second-order valence-corrected chi connectivity index (χ2v) is 6.08. The highest BCUT2D eigenvalue weighted by atomic mass is 16.5. The monoisotopic (exact) mass is 326 g/mol. The van der Waals surface area contributed by atoms with Gasteiger partial charge in [-0.25, -0.2) is 0 Å². The first-order chi connectivity index (χ1) is 11.7. The lowest BCUT2D eigenvalue weighted by atomic mass is 10.0. The first-order valence-corrected chi connectivity index (χ1v) is 8.18. The van der Waals surface area contributed by atoms with Crippen LogP contribution in [0, 0.1) is 0 Å². The number of amides is 1. The molecule has 1 aliphatic heterocycles. The Morgan fingerprint density at radius 3 is 2.88 bits per heavy atom. The van der Waals surface area contributed by atoms with E-state index in [1.807, 2.05) is 36.4 Å². The maximum Gasteiger partial charge on any atom is 0.223 e. The van der Waals surface area contributed by atoms with Gasteiger partial charge in [-0.2, -0.15) is 0 Å². The molecule has 1 aromatic heterocycles. The molecule has 0 spiro atoms. The van der Waals surface area contributed by atoms with Gasteiger partial charge < -0.3 is 14.7 Å². The van der Waals surface area contributed by atoms with E-state index in [1.165, 1.54) is 0 Å². The molecule has 126 valence electrons. The zero-order chi connectivity index (χ0) is 16.9. The van der Waals surface area contributed by atoms with Gasteiger partial charge in [0.05, 0.1) is 19.3 Å². The zero-order valence-electron chi connectivity index (χ0n) is 13.8. The molecule has 1 N–H and O–H groups in total. The van der Waals surface area contributed by atoms with E-state index >= 15 is 0 Å². The molecule has 3 rings (SSSR count). The fourth-order valence-electron chi connectivity index (χ4n) is 3.20. The first-order valence-electron chi connectivity index (χ1n) is 8.18. The number of aliphatic hydroxyl groups excluding tert-OH is 1. The van der Waals surface area contributed by atoms with E-state index in [0.29, 0.717) is 25.8 Å². The lowest BCUT2D eigenvalue weighted by molar-refractivity contribution is -0.132. The van der Waals surface area contributed by atoms with Crippen LogP contribution in [0.25, 0.3) is 0 Å². The Bertz CT molecular complexity index is 690. The van der Waals surface area contributed by atoms with E-state index in [4.69, 9.17) is 4.74 Å². The second kappa shape index (κ2) is 7.45. The van der Waals surface area contributed by atoms with Crippen LogP contribution in [0.4, 0.5) is 0 Å². The van der Waals surface area contributed by atoms with Crippen molar-refractivity contribution in [2.45, 2.75) is 31.4 Å². The van der Waals surface area contributed by atoms with E-state index in [9.17, 15) is 9.90 Å². The van der Waals surface area contributed by atoms with Crippen LogP contribution >= 0.6 is 0 Å². The molecule has 0 bridgehead atoms. The number of benzene rings is 1. The molecule has 0 saturated carbocycles.